The second-order valence-corrected chi connectivity index (χ2v) is 8.41. The van der Waals surface area contributed by atoms with Crippen molar-refractivity contribution in [3.63, 3.8) is 0 Å². The minimum atomic E-state index is 0. The van der Waals surface area contributed by atoms with E-state index in [9.17, 15) is 0 Å². The number of hydrogen-bond acceptors (Lipinski definition) is 2. The van der Waals surface area contributed by atoms with Crippen molar-refractivity contribution in [3.8, 4) is 16.9 Å². The molecule has 1 radical (unpaired) electrons. The van der Waals surface area contributed by atoms with Crippen LogP contribution in [0.5, 0.6) is 0 Å². The number of imidazole rings is 1. The zero-order valence-electron chi connectivity index (χ0n) is 17.6. The van der Waals surface area contributed by atoms with E-state index < -0.39 is 0 Å². The van der Waals surface area contributed by atoms with Gasteiger partial charge in [0.25, 0.3) is 0 Å². The number of aromatic nitrogens is 3. The Kier molecular flexibility index (Phi) is 7.34. The summed E-state index contributed by atoms with van der Waals surface area (Å²) in [5.41, 5.74) is 5.45. The largest absolute Gasteiger partial charge is 0.270 e. The van der Waals surface area contributed by atoms with Crippen molar-refractivity contribution in [2.45, 2.75) is 6.92 Å². The Morgan fingerprint density at radius 1 is 0.903 bits per heavy atom. The Bertz CT molecular complexity index is 1290. The first kappa shape index (κ1) is 22.8. The van der Waals surface area contributed by atoms with Gasteiger partial charge in [0.1, 0.15) is 12.4 Å². The van der Waals surface area contributed by atoms with E-state index in [1.54, 1.807) is 6.20 Å². The van der Waals surface area contributed by atoms with Crippen LogP contribution < -0.4 is 0 Å². The van der Waals surface area contributed by atoms with E-state index in [-0.39, 0.29) is 20.1 Å². The van der Waals surface area contributed by atoms with Gasteiger partial charge in [0, 0.05) is 39.0 Å². The molecule has 2 aromatic carbocycles. The van der Waals surface area contributed by atoms with Crippen LogP contribution in [0.3, 0.4) is 0 Å². The Morgan fingerprint density at radius 3 is 2.32 bits per heavy atom. The van der Waals surface area contributed by atoms with E-state index in [4.69, 9.17) is 0 Å². The van der Waals surface area contributed by atoms with E-state index >= 15 is 0 Å². The molecule has 0 aliphatic heterocycles. The van der Waals surface area contributed by atoms with Crippen LogP contribution in [0.25, 0.3) is 27.0 Å². The maximum Gasteiger partial charge on any atom is 0.165 e. The molecule has 5 aromatic rings. The second kappa shape index (κ2) is 9.97. The standard InChI is InChI=1S/C14H14N2S.C12H10N.Ir/c1-10-5-4-6-12-13(10)14(11(2)17-12)16-8-7-15(3)9-16;1-10-6-2-3-7-11(10)12-8-4-5-9-13-12;/h4-9H,1H2,2-3H3;2-9H,1H2;/q;-1;. The smallest absolute Gasteiger partial charge is 0.165 e. The average molecular weight is 603 g/mol. The fraction of sp³-hybridized carbons (Fsp3) is 0.0769. The molecule has 0 amide bonds. The molecule has 0 saturated carbocycles. The van der Waals surface area contributed by atoms with Gasteiger partial charge in [-0.2, -0.15) is 41.7 Å². The SMILES string of the molecule is [CH2-]c1cccc2sc(C)c(-n3ccn(C)[cH+]3)c12.[CH2-]c1ccccc1-c1ccccn1.[Ir]. The van der Waals surface area contributed by atoms with Gasteiger partial charge in [0.2, 0.25) is 0 Å². The Morgan fingerprint density at radius 2 is 1.65 bits per heavy atom. The molecule has 0 bridgehead atoms. The monoisotopic (exact) mass is 603 g/mol. The summed E-state index contributed by atoms with van der Waals surface area (Å²) in [6, 6.07) is 20.2. The van der Waals surface area contributed by atoms with E-state index in [1.165, 1.54) is 20.7 Å². The summed E-state index contributed by atoms with van der Waals surface area (Å²) in [4.78, 5) is 5.60. The molecule has 0 unspecified atom stereocenters. The van der Waals surface area contributed by atoms with Crippen molar-refractivity contribution >= 4 is 21.4 Å². The first-order chi connectivity index (χ1) is 14.5. The minimum absolute atomic E-state index is 0. The molecular weight excluding hydrogens is 579 g/mol. The van der Waals surface area contributed by atoms with E-state index in [2.05, 4.69) is 71.8 Å². The van der Waals surface area contributed by atoms with Crippen molar-refractivity contribution in [3.05, 3.63) is 115 Å². The molecule has 0 saturated heterocycles. The topological polar surface area (TPSA) is 22.8 Å². The number of thiophene rings is 1. The molecule has 3 nitrogen and oxygen atoms in total. The Balaban J connectivity index is 0.000000176. The summed E-state index contributed by atoms with van der Waals surface area (Å²) >= 11 is 1.83. The van der Waals surface area contributed by atoms with Gasteiger partial charge < -0.3 is 0 Å². The minimum Gasteiger partial charge on any atom is -0.270 e. The van der Waals surface area contributed by atoms with Crippen LogP contribution in [-0.4, -0.2) is 14.1 Å². The van der Waals surface area contributed by atoms with Crippen LogP contribution >= 0.6 is 11.3 Å². The molecule has 0 aliphatic rings. The molecule has 3 aromatic heterocycles. The van der Waals surface area contributed by atoms with Gasteiger partial charge in [0.15, 0.2) is 6.33 Å². The zero-order valence-corrected chi connectivity index (χ0v) is 20.8. The van der Waals surface area contributed by atoms with Crippen molar-refractivity contribution in [1.29, 1.82) is 0 Å². The summed E-state index contributed by atoms with van der Waals surface area (Å²) in [6.45, 7) is 10.3. The first-order valence-electron chi connectivity index (χ1n) is 9.74. The summed E-state index contributed by atoms with van der Waals surface area (Å²) in [6.07, 6.45) is 8.01. The molecule has 0 atom stereocenters. The van der Waals surface area contributed by atoms with E-state index in [0.717, 1.165) is 22.4 Å². The molecule has 0 aliphatic carbocycles. The summed E-state index contributed by atoms with van der Waals surface area (Å²) in [5.74, 6) is 0. The molecule has 0 fully saturated rings. The molecule has 3 heterocycles. The van der Waals surface area contributed by atoms with Crippen LogP contribution in [0.4, 0.5) is 0 Å². The third-order valence-electron chi connectivity index (χ3n) is 4.93. The molecule has 0 spiro atoms. The van der Waals surface area contributed by atoms with Gasteiger partial charge in [-0.3, -0.25) is 9.55 Å². The van der Waals surface area contributed by atoms with Crippen molar-refractivity contribution < 1.29 is 20.1 Å². The van der Waals surface area contributed by atoms with E-state index in [0.29, 0.717) is 0 Å². The third-order valence-corrected chi connectivity index (χ3v) is 5.99. The van der Waals surface area contributed by atoms with Crippen LogP contribution in [0, 0.1) is 20.8 Å². The fourth-order valence-corrected chi connectivity index (χ4v) is 4.62. The number of pyridine rings is 1. The van der Waals surface area contributed by atoms with Gasteiger partial charge >= 0.3 is 0 Å². The Labute approximate surface area is 201 Å². The van der Waals surface area contributed by atoms with Gasteiger partial charge in [-0.25, -0.2) is 0 Å². The maximum atomic E-state index is 4.27. The second-order valence-electron chi connectivity index (χ2n) is 7.16. The quantitative estimate of drug-likeness (QED) is 0.206. The van der Waals surface area contributed by atoms with Crippen molar-refractivity contribution in [1.82, 2.24) is 14.1 Å². The summed E-state index contributed by atoms with van der Waals surface area (Å²) < 4.78 is 5.53. The van der Waals surface area contributed by atoms with E-state index in [1.807, 2.05) is 60.8 Å². The normalized spacial score (nSPS) is 10.3. The van der Waals surface area contributed by atoms with Crippen LogP contribution in [-0.2, 0) is 27.2 Å². The molecule has 5 heteroatoms. The number of hydrogen-bond donors (Lipinski definition) is 0. The number of fused-ring (bicyclic) bond motifs is 1. The van der Waals surface area contributed by atoms with Crippen LogP contribution in [0.2, 0.25) is 0 Å². The molecular formula is C26H24IrN3S-. The third kappa shape index (κ3) is 4.91. The van der Waals surface area contributed by atoms with Crippen molar-refractivity contribution in [2.75, 3.05) is 0 Å². The molecule has 159 valence electrons. The van der Waals surface area contributed by atoms with Crippen LogP contribution in [0.1, 0.15) is 16.0 Å². The number of nitrogens with zero attached hydrogens (tertiary/aromatic N) is 3. The van der Waals surface area contributed by atoms with Gasteiger partial charge in [0.05, 0.1) is 10.6 Å². The Hall–Kier alpha value is -2.85. The van der Waals surface area contributed by atoms with Gasteiger partial charge in [-0.05, 0) is 29.1 Å². The number of rotatable bonds is 2. The first-order valence-corrected chi connectivity index (χ1v) is 10.6. The summed E-state index contributed by atoms with van der Waals surface area (Å²) in [5, 5.41) is 1.27. The molecule has 5 rings (SSSR count). The van der Waals surface area contributed by atoms with Gasteiger partial charge in [-0.1, -0.05) is 18.2 Å². The maximum absolute atomic E-state index is 4.27. The van der Waals surface area contributed by atoms with Crippen molar-refractivity contribution in [2.24, 2.45) is 7.05 Å². The van der Waals surface area contributed by atoms with Gasteiger partial charge in [-0.15, -0.1) is 35.1 Å². The fourth-order valence-electron chi connectivity index (χ4n) is 3.51. The summed E-state index contributed by atoms with van der Waals surface area (Å²) in [7, 11) is 2.03. The predicted octanol–water partition coefficient (Wildman–Crippen LogP) is 6.73. The van der Waals surface area contributed by atoms with Crippen LogP contribution in [0.15, 0.2) is 85.6 Å². The number of aryl methyl sites for hydroxylation is 2. The average Bonchev–Trinajstić information content (AvgIpc) is 3.32. The predicted molar refractivity (Wildman–Crippen MR) is 128 cm³/mol. The molecule has 31 heavy (non-hydrogen) atoms. The molecule has 0 N–H and O–H groups in total. The zero-order chi connectivity index (χ0) is 21.1. The number of benzene rings is 2.